The molecule has 0 saturated heterocycles. The van der Waals surface area contributed by atoms with Crippen molar-refractivity contribution < 1.29 is 15.1 Å². The SMILES string of the molecule is CC(C)(C)[Si](C)(C)c1cc2ccc1-2.OB(O)O. The summed E-state index contributed by atoms with van der Waals surface area (Å²) in [6.45, 7) is 12.1. The van der Waals surface area contributed by atoms with Gasteiger partial charge in [0.25, 0.3) is 0 Å². The standard InChI is InChI=1S/C12H18Si.BH3O3/c1-12(2,3)13(4,5)11-8-9-6-7-10(9)11;2-1(3)4/h6-8H,1-5H3;2-4H. The molecule has 3 N–H and O–H groups in total. The molecule has 2 rings (SSSR count). The van der Waals surface area contributed by atoms with Gasteiger partial charge in [-0.05, 0) is 16.2 Å². The van der Waals surface area contributed by atoms with E-state index in [0.717, 1.165) is 0 Å². The monoisotopic (exact) mass is 252 g/mol. The Morgan fingerprint density at radius 3 is 1.71 bits per heavy atom. The van der Waals surface area contributed by atoms with Crippen molar-refractivity contribution in [2.75, 3.05) is 0 Å². The van der Waals surface area contributed by atoms with Gasteiger partial charge in [-0.25, -0.2) is 0 Å². The van der Waals surface area contributed by atoms with Crippen molar-refractivity contribution >= 4 is 20.6 Å². The van der Waals surface area contributed by atoms with Gasteiger partial charge in [-0.1, -0.05) is 57.3 Å². The normalized spacial score (nSPS) is 12.7. The predicted molar refractivity (Wildman–Crippen MR) is 74.7 cm³/mol. The van der Waals surface area contributed by atoms with E-state index in [4.69, 9.17) is 15.1 Å². The first kappa shape index (κ1) is 14.4. The fraction of sp³-hybridized carbons (Fsp3) is 0.500. The molecule has 0 unspecified atom stereocenters. The van der Waals surface area contributed by atoms with Crippen molar-refractivity contribution in [2.24, 2.45) is 0 Å². The molecule has 0 amide bonds. The van der Waals surface area contributed by atoms with Crippen molar-refractivity contribution in [2.45, 2.75) is 38.9 Å². The highest BCUT2D eigenvalue weighted by Crippen LogP contribution is 2.41. The molecule has 94 valence electrons. The molecule has 2 aliphatic carbocycles. The summed E-state index contributed by atoms with van der Waals surface area (Å²) < 4.78 is 0. The van der Waals surface area contributed by atoms with Crippen LogP contribution in [0.4, 0.5) is 0 Å². The number of benzene rings is 1. The molecule has 0 radical (unpaired) electrons. The number of rotatable bonds is 1. The zero-order chi connectivity index (χ0) is 13.4. The summed E-state index contributed by atoms with van der Waals surface area (Å²) in [6.07, 6.45) is 0. The van der Waals surface area contributed by atoms with Gasteiger partial charge in [0.05, 0.1) is 8.07 Å². The van der Waals surface area contributed by atoms with Crippen LogP contribution in [0.3, 0.4) is 0 Å². The van der Waals surface area contributed by atoms with Gasteiger partial charge in [0.15, 0.2) is 0 Å². The summed E-state index contributed by atoms with van der Waals surface area (Å²) in [7, 11) is -3.39. The summed E-state index contributed by atoms with van der Waals surface area (Å²) in [6, 6.07) is 6.88. The van der Waals surface area contributed by atoms with E-state index in [2.05, 4.69) is 52.1 Å². The molecule has 0 aromatic heterocycles. The van der Waals surface area contributed by atoms with E-state index in [1.165, 1.54) is 5.56 Å². The Hall–Kier alpha value is -0.618. The highest BCUT2D eigenvalue weighted by Gasteiger charge is 2.40. The molecule has 17 heavy (non-hydrogen) atoms. The third-order valence-corrected chi connectivity index (χ3v) is 9.39. The molecule has 3 nitrogen and oxygen atoms in total. The average Bonchev–Trinajstić information content (AvgIpc) is 2.06. The van der Waals surface area contributed by atoms with Gasteiger partial charge in [-0.3, -0.25) is 0 Å². The molecular formula is C12H21BO3Si. The van der Waals surface area contributed by atoms with Crippen LogP contribution in [-0.2, 0) is 0 Å². The van der Waals surface area contributed by atoms with Gasteiger partial charge in [0.1, 0.15) is 0 Å². The quantitative estimate of drug-likeness (QED) is 0.671. The molecule has 0 atom stereocenters. The molecule has 2 aliphatic rings. The van der Waals surface area contributed by atoms with Crippen molar-refractivity contribution in [3.63, 3.8) is 0 Å². The Balaban J connectivity index is 0.000000317. The molecule has 0 spiro atoms. The van der Waals surface area contributed by atoms with Crippen LogP contribution in [0.15, 0.2) is 18.2 Å². The minimum absolute atomic E-state index is 0.473. The van der Waals surface area contributed by atoms with Gasteiger partial charge >= 0.3 is 7.32 Å². The lowest BCUT2D eigenvalue weighted by atomic mass is 9.94. The third kappa shape index (κ3) is 2.80. The minimum atomic E-state index is -2.17. The first-order valence-electron chi connectivity index (χ1n) is 5.76. The van der Waals surface area contributed by atoms with E-state index in [0.29, 0.717) is 5.04 Å². The Morgan fingerprint density at radius 2 is 1.53 bits per heavy atom. The zero-order valence-electron chi connectivity index (χ0n) is 11.2. The first-order chi connectivity index (χ1) is 7.57. The largest absolute Gasteiger partial charge is 0.631 e. The predicted octanol–water partition coefficient (Wildman–Crippen LogP) is 1.33. The number of hydrogen-bond donors (Lipinski definition) is 3. The van der Waals surface area contributed by atoms with Crippen LogP contribution in [0.2, 0.25) is 18.1 Å². The Bertz CT molecular complexity index is 408. The molecule has 0 saturated carbocycles. The molecule has 5 heteroatoms. The van der Waals surface area contributed by atoms with Gasteiger partial charge in [-0.15, -0.1) is 0 Å². The lowest BCUT2D eigenvalue weighted by Crippen LogP contribution is -2.52. The second kappa shape index (κ2) is 4.57. The molecule has 0 aliphatic heterocycles. The van der Waals surface area contributed by atoms with E-state index >= 15 is 0 Å². The molecule has 0 heterocycles. The van der Waals surface area contributed by atoms with E-state index < -0.39 is 15.4 Å². The Morgan fingerprint density at radius 1 is 1.06 bits per heavy atom. The van der Waals surface area contributed by atoms with Crippen molar-refractivity contribution in [1.29, 1.82) is 0 Å². The van der Waals surface area contributed by atoms with Gasteiger partial charge in [-0.2, -0.15) is 0 Å². The maximum atomic E-state index is 7.17. The molecule has 0 bridgehead atoms. The maximum absolute atomic E-state index is 7.17. The fourth-order valence-electron chi connectivity index (χ4n) is 1.71. The van der Waals surface area contributed by atoms with E-state index in [1.807, 2.05) is 0 Å². The topological polar surface area (TPSA) is 60.7 Å². The van der Waals surface area contributed by atoms with Crippen LogP contribution in [-0.4, -0.2) is 30.5 Å². The van der Waals surface area contributed by atoms with Gasteiger partial charge in [0, 0.05) is 0 Å². The van der Waals surface area contributed by atoms with Crippen LogP contribution in [0, 0.1) is 0 Å². The lowest BCUT2D eigenvalue weighted by Gasteiger charge is -2.42. The van der Waals surface area contributed by atoms with Crippen LogP contribution in [0.1, 0.15) is 20.8 Å². The third-order valence-electron chi connectivity index (χ3n) is 3.88. The van der Waals surface area contributed by atoms with Crippen molar-refractivity contribution in [3.05, 3.63) is 18.2 Å². The van der Waals surface area contributed by atoms with E-state index in [9.17, 15) is 0 Å². The van der Waals surface area contributed by atoms with Crippen molar-refractivity contribution in [3.8, 4) is 11.1 Å². The summed E-state index contributed by atoms with van der Waals surface area (Å²) in [5.41, 5.74) is 3.05. The number of hydrogen-bond acceptors (Lipinski definition) is 3. The second-order valence-electron chi connectivity index (χ2n) is 5.98. The molecule has 0 aromatic rings. The Labute approximate surface area is 104 Å². The van der Waals surface area contributed by atoms with Crippen LogP contribution < -0.4 is 5.19 Å². The highest BCUT2D eigenvalue weighted by molar-refractivity contribution is 6.93. The van der Waals surface area contributed by atoms with Crippen molar-refractivity contribution in [1.82, 2.24) is 0 Å². The molecular weight excluding hydrogens is 231 g/mol. The summed E-state index contributed by atoms with van der Waals surface area (Å²) >= 11 is 0. The summed E-state index contributed by atoms with van der Waals surface area (Å²) in [4.78, 5) is 0. The fourth-order valence-corrected chi connectivity index (χ4v) is 3.94. The van der Waals surface area contributed by atoms with E-state index in [-0.39, 0.29) is 0 Å². The minimum Gasteiger partial charge on any atom is -0.402 e. The van der Waals surface area contributed by atoms with Crippen LogP contribution in [0.5, 0.6) is 0 Å². The maximum Gasteiger partial charge on any atom is 0.631 e. The first-order valence-corrected chi connectivity index (χ1v) is 8.76. The highest BCUT2D eigenvalue weighted by atomic mass is 28.3. The number of fused-ring (bicyclic) bond motifs is 1. The van der Waals surface area contributed by atoms with Crippen LogP contribution >= 0.6 is 0 Å². The summed E-state index contributed by atoms with van der Waals surface area (Å²) in [5, 5.41) is 23.7. The average molecular weight is 252 g/mol. The second-order valence-corrected chi connectivity index (χ2v) is 11.3. The van der Waals surface area contributed by atoms with E-state index in [1.54, 1.807) is 10.8 Å². The molecule has 0 fully saturated rings. The smallest absolute Gasteiger partial charge is 0.402 e. The van der Waals surface area contributed by atoms with Gasteiger partial charge < -0.3 is 15.1 Å². The zero-order valence-corrected chi connectivity index (χ0v) is 12.2. The van der Waals surface area contributed by atoms with Gasteiger partial charge in [0.2, 0.25) is 0 Å². The van der Waals surface area contributed by atoms with Crippen LogP contribution in [0.25, 0.3) is 11.1 Å². The lowest BCUT2D eigenvalue weighted by molar-refractivity contribution is 0.278. The Kier molecular flexibility index (Phi) is 3.88. The molecule has 0 aromatic carbocycles. The summed E-state index contributed by atoms with van der Waals surface area (Å²) in [5.74, 6) is 0.